The highest BCUT2D eigenvalue weighted by molar-refractivity contribution is 6.08. The topological polar surface area (TPSA) is 13.1 Å². The van der Waals surface area contributed by atoms with Crippen LogP contribution in [0.4, 0.5) is 13.2 Å². The Morgan fingerprint density at radius 2 is 2.00 bits per heavy atom. The Bertz CT molecular complexity index is 240. The van der Waals surface area contributed by atoms with Gasteiger partial charge in [-0.15, -0.1) is 0 Å². The summed E-state index contributed by atoms with van der Waals surface area (Å²) in [4.78, 5) is 0. The van der Waals surface area contributed by atoms with Crippen LogP contribution in [0.15, 0.2) is 16.5 Å². The van der Waals surface area contributed by atoms with Crippen molar-refractivity contribution in [1.29, 1.82) is 0 Å². The third kappa shape index (κ3) is 1.79. The van der Waals surface area contributed by atoms with Gasteiger partial charge in [0.1, 0.15) is 7.85 Å². The summed E-state index contributed by atoms with van der Waals surface area (Å²) >= 11 is 0. The maximum atomic E-state index is 11.8. The largest absolute Gasteiger partial charge is 0.457 e. The quantitative estimate of drug-likeness (QED) is 0.569. The summed E-state index contributed by atoms with van der Waals surface area (Å²) in [5, 5.41) is 0. The smallest absolute Gasteiger partial charge is 0.449 e. The Hall–Kier alpha value is -0.865. The van der Waals surface area contributed by atoms with Crippen molar-refractivity contribution in [2.24, 2.45) is 0 Å². The molecule has 0 unspecified atom stereocenters. The zero-order valence-corrected chi connectivity index (χ0v) is 5.90. The van der Waals surface area contributed by atoms with E-state index in [1.807, 2.05) is 0 Å². The number of rotatable bonds is 1. The molecule has 0 aliphatic rings. The van der Waals surface area contributed by atoms with Crippen LogP contribution in [-0.4, -0.2) is 7.85 Å². The van der Waals surface area contributed by atoms with Crippen molar-refractivity contribution in [3.05, 3.63) is 23.7 Å². The van der Waals surface area contributed by atoms with Gasteiger partial charge in [0.25, 0.3) is 0 Å². The van der Waals surface area contributed by atoms with Crippen molar-refractivity contribution >= 4 is 7.85 Å². The van der Waals surface area contributed by atoms with Crippen LogP contribution in [0.1, 0.15) is 11.5 Å². The molecule has 0 bridgehead atoms. The molecule has 1 aromatic heterocycles. The molecule has 0 atom stereocenters. The minimum absolute atomic E-state index is 0.359. The molecule has 1 rings (SSSR count). The maximum Gasteiger partial charge on any atom is 0.449 e. The molecule has 0 fully saturated rings. The first-order valence-electron chi connectivity index (χ1n) is 3.20. The summed E-state index contributed by atoms with van der Waals surface area (Å²) in [6.07, 6.45) is -3.87. The van der Waals surface area contributed by atoms with Gasteiger partial charge in [0.05, 0.1) is 5.76 Å². The molecule has 11 heavy (non-hydrogen) atoms. The molecule has 0 radical (unpaired) electrons. The Labute approximate surface area is 62.6 Å². The van der Waals surface area contributed by atoms with Crippen LogP contribution in [0.25, 0.3) is 0 Å². The van der Waals surface area contributed by atoms with Crippen molar-refractivity contribution in [3.8, 4) is 0 Å². The minimum atomic E-state index is -4.35. The monoisotopic (exact) mass is 162 g/mol. The first kappa shape index (κ1) is 8.23. The molecule has 5 heteroatoms. The van der Waals surface area contributed by atoms with Crippen LogP contribution in [0, 0.1) is 0 Å². The van der Waals surface area contributed by atoms with E-state index in [1.54, 1.807) is 7.85 Å². The molecule has 0 N–H and O–H groups in total. The van der Waals surface area contributed by atoms with E-state index >= 15 is 0 Å². The first-order valence-corrected chi connectivity index (χ1v) is 3.20. The average molecular weight is 162 g/mol. The Kier molecular flexibility index (Phi) is 1.98. The molecular formula is C6H6BF3O. The Balaban J connectivity index is 2.89. The lowest BCUT2D eigenvalue weighted by Gasteiger charge is -1.99. The number of hydrogen-bond acceptors (Lipinski definition) is 1. The molecular weight excluding hydrogens is 156 g/mol. The lowest BCUT2D eigenvalue weighted by molar-refractivity contribution is -0.153. The second kappa shape index (κ2) is 2.64. The first-order chi connectivity index (χ1) is 5.04. The van der Waals surface area contributed by atoms with Gasteiger partial charge in [-0.2, -0.15) is 13.2 Å². The molecule has 0 aromatic carbocycles. The van der Waals surface area contributed by atoms with E-state index in [-0.39, 0.29) is 0 Å². The molecule has 1 nitrogen and oxygen atoms in total. The van der Waals surface area contributed by atoms with E-state index in [9.17, 15) is 13.2 Å². The maximum absolute atomic E-state index is 11.8. The molecule has 1 aromatic rings. The summed E-state index contributed by atoms with van der Waals surface area (Å²) in [5.41, 5.74) is 0. The highest BCUT2D eigenvalue weighted by Crippen LogP contribution is 2.30. The molecule has 0 spiro atoms. The van der Waals surface area contributed by atoms with Crippen LogP contribution in [0.5, 0.6) is 0 Å². The molecule has 1 heterocycles. The second-order valence-corrected chi connectivity index (χ2v) is 2.12. The van der Waals surface area contributed by atoms with E-state index in [1.165, 1.54) is 6.07 Å². The molecule has 0 amide bonds. The minimum Gasteiger partial charge on any atom is -0.457 e. The molecule has 0 aliphatic carbocycles. The van der Waals surface area contributed by atoms with Gasteiger partial charge in [-0.05, 0) is 18.5 Å². The predicted molar refractivity (Wildman–Crippen MR) is 36.0 cm³/mol. The van der Waals surface area contributed by atoms with Crippen molar-refractivity contribution in [2.75, 3.05) is 0 Å². The third-order valence-corrected chi connectivity index (χ3v) is 1.29. The van der Waals surface area contributed by atoms with Gasteiger partial charge in [0.2, 0.25) is 5.76 Å². The number of hydrogen-bond donors (Lipinski definition) is 0. The summed E-state index contributed by atoms with van der Waals surface area (Å²) in [6, 6.07) is 2.28. The summed E-state index contributed by atoms with van der Waals surface area (Å²) < 4.78 is 40.0. The van der Waals surface area contributed by atoms with Gasteiger partial charge in [-0.25, -0.2) is 0 Å². The molecule has 0 aliphatic heterocycles. The summed E-state index contributed by atoms with van der Waals surface area (Å²) in [7, 11) is 1.74. The highest BCUT2D eigenvalue weighted by atomic mass is 19.4. The van der Waals surface area contributed by atoms with Gasteiger partial charge in [0, 0.05) is 0 Å². The number of alkyl halides is 3. The summed E-state index contributed by atoms with van der Waals surface area (Å²) in [5.74, 6) is -0.563. The fourth-order valence-corrected chi connectivity index (χ4v) is 0.720. The second-order valence-electron chi connectivity index (χ2n) is 2.12. The normalized spacial score (nSPS) is 11.9. The van der Waals surface area contributed by atoms with Crippen molar-refractivity contribution < 1.29 is 17.6 Å². The van der Waals surface area contributed by atoms with Crippen molar-refractivity contribution in [3.63, 3.8) is 0 Å². The fraction of sp³-hybridized carbons (Fsp3) is 0.333. The van der Waals surface area contributed by atoms with Gasteiger partial charge < -0.3 is 4.42 Å². The number of furan rings is 1. The average Bonchev–Trinajstić information content (AvgIpc) is 2.32. The Morgan fingerprint density at radius 3 is 2.27 bits per heavy atom. The van der Waals surface area contributed by atoms with E-state index in [0.29, 0.717) is 12.1 Å². The standard InChI is InChI=1S/C6H6BF3O/c7-3-4-1-2-5(11-4)6(8,9)10/h1-2H,3,7H2. The fourth-order valence-electron chi connectivity index (χ4n) is 0.720. The molecule has 60 valence electrons. The number of halogens is 3. The van der Waals surface area contributed by atoms with E-state index in [2.05, 4.69) is 4.42 Å². The van der Waals surface area contributed by atoms with Gasteiger partial charge >= 0.3 is 6.18 Å². The van der Waals surface area contributed by atoms with E-state index in [0.717, 1.165) is 6.07 Å². The van der Waals surface area contributed by atoms with E-state index in [4.69, 9.17) is 0 Å². The zero-order valence-electron chi connectivity index (χ0n) is 5.90. The third-order valence-electron chi connectivity index (χ3n) is 1.29. The highest BCUT2D eigenvalue weighted by Gasteiger charge is 2.34. The van der Waals surface area contributed by atoms with Crippen LogP contribution >= 0.6 is 0 Å². The van der Waals surface area contributed by atoms with Crippen LogP contribution < -0.4 is 0 Å². The van der Waals surface area contributed by atoms with Crippen molar-refractivity contribution in [2.45, 2.75) is 12.5 Å². The lowest BCUT2D eigenvalue weighted by atomic mass is 10.0. The van der Waals surface area contributed by atoms with Crippen molar-refractivity contribution in [1.82, 2.24) is 0 Å². The Morgan fingerprint density at radius 1 is 1.36 bits per heavy atom. The van der Waals surface area contributed by atoms with E-state index < -0.39 is 11.9 Å². The molecule has 0 saturated carbocycles. The lowest BCUT2D eigenvalue weighted by Crippen LogP contribution is -2.02. The van der Waals surface area contributed by atoms with Gasteiger partial charge in [-0.1, -0.05) is 0 Å². The predicted octanol–water partition coefficient (Wildman–Crippen LogP) is 1.43. The molecule has 0 saturated heterocycles. The van der Waals surface area contributed by atoms with Crippen LogP contribution in [-0.2, 0) is 12.5 Å². The zero-order chi connectivity index (χ0) is 8.48. The van der Waals surface area contributed by atoms with Crippen LogP contribution in [0.2, 0.25) is 0 Å². The summed E-state index contributed by atoms with van der Waals surface area (Å²) in [6.45, 7) is 0. The van der Waals surface area contributed by atoms with Gasteiger partial charge in [0.15, 0.2) is 0 Å². The van der Waals surface area contributed by atoms with Crippen LogP contribution in [0.3, 0.4) is 0 Å². The van der Waals surface area contributed by atoms with Gasteiger partial charge in [-0.3, -0.25) is 0 Å². The SMILES string of the molecule is BCc1ccc(C(F)(F)F)o1.